The molecule has 0 spiro atoms. The number of nitrogens with zero attached hydrogens (tertiary/aromatic N) is 1. The number of carbonyl (C=O) groups excluding carboxylic acids is 1. The number of carbonyl (C=O) groups is 1. The van der Waals surface area contributed by atoms with Crippen molar-refractivity contribution in [3.05, 3.63) is 11.8 Å². The molecule has 1 N–H and O–H groups in total. The van der Waals surface area contributed by atoms with Gasteiger partial charge in [0.05, 0.1) is 13.2 Å². The molecule has 1 rings (SSSR count). The molecule has 0 amide bonds. The van der Waals surface area contributed by atoms with Crippen LogP contribution in [-0.2, 0) is 4.74 Å². The molecule has 6 nitrogen and oxygen atoms in total. The van der Waals surface area contributed by atoms with Crippen molar-refractivity contribution in [2.75, 3.05) is 20.4 Å². The summed E-state index contributed by atoms with van der Waals surface area (Å²) >= 11 is 0. The van der Waals surface area contributed by atoms with Gasteiger partial charge in [-0.15, -0.1) is 0 Å². The summed E-state index contributed by atoms with van der Waals surface area (Å²) < 4.78 is 25.6. The van der Waals surface area contributed by atoms with E-state index in [0.717, 1.165) is 0 Å². The molecule has 1 aromatic rings. The fraction of sp³-hybridized carbons (Fsp3) is 0.500. The maximum atomic E-state index is 11.8. The van der Waals surface area contributed by atoms with Crippen LogP contribution in [0.4, 0.5) is 4.39 Å². The summed E-state index contributed by atoms with van der Waals surface area (Å²) in [4.78, 5) is 10.9. The Morgan fingerprint density at radius 3 is 3.13 bits per heavy atom. The van der Waals surface area contributed by atoms with Crippen LogP contribution in [0.5, 0.6) is 5.88 Å². The molecular weight excluding hydrogens is 209 g/mol. The molecule has 7 heteroatoms. The molecule has 15 heavy (non-hydrogen) atoms. The Hall–Kier alpha value is -1.63. The van der Waals surface area contributed by atoms with Crippen LogP contribution < -0.4 is 4.74 Å². The minimum atomic E-state index is -1.22. The molecule has 0 aliphatic heterocycles. The van der Waals surface area contributed by atoms with Gasteiger partial charge in [0.25, 0.3) is 5.88 Å². The second kappa shape index (κ2) is 5.30. The van der Waals surface area contributed by atoms with E-state index in [2.05, 4.69) is 14.4 Å². The van der Waals surface area contributed by atoms with Crippen LogP contribution in [0, 0.1) is 0 Å². The molecule has 1 aromatic heterocycles. The molecule has 84 valence electrons. The zero-order valence-electron chi connectivity index (χ0n) is 7.97. The van der Waals surface area contributed by atoms with Crippen molar-refractivity contribution in [3.63, 3.8) is 0 Å². The first kappa shape index (κ1) is 11.4. The smallest absolute Gasteiger partial charge is 0.377 e. The van der Waals surface area contributed by atoms with Crippen LogP contribution in [-0.4, -0.2) is 42.7 Å². The molecule has 0 bridgehead atoms. The van der Waals surface area contributed by atoms with Crippen molar-refractivity contribution < 1.29 is 28.3 Å². The maximum Gasteiger partial charge on any atom is 0.377 e. The van der Waals surface area contributed by atoms with E-state index in [4.69, 9.17) is 9.84 Å². The average molecular weight is 219 g/mol. The molecule has 1 unspecified atom stereocenters. The van der Waals surface area contributed by atoms with E-state index in [1.54, 1.807) is 0 Å². The van der Waals surface area contributed by atoms with Crippen molar-refractivity contribution in [2.45, 2.75) is 6.10 Å². The first-order valence-electron chi connectivity index (χ1n) is 4.09. The van der Waals surface area contributed by atoms with E-state index in [1.807, 2.05) is 0 Å². The van der Waals surface area contributed by atoms with E-state index >= 15 is 0 Å². The van der Waals surface area contributed by atoms with Gasteiger partial charge in [-0.05, 0) is 5.16 Å². The van der Waals surface area contributed by atoms with E-state index in [1.165, 1.54) is 13.2 Å². The molecule has 1 heterocycles. The highest BCUT2D eigenvalue weighted by Gasteiger charge is 2.14. The third-order valence-corrected chi connectivity index (χ3v) is 1.48. The Balaban J connectivity index is 2.49. The van der Waals surface area contributed by atoms with Crippen LogP contribution in [0.2, 0.25) is 0 Å². The number of halogens is 1. The number of ether oxygens (including phenoxy) is 2. The summed E-state index contributed by atoms with van der Waals surface area (Å²) in [6.45, 7) is -1.18. The van der Waals surface area contributed by atoms with Crippen LogP contribution in [0.25, 0.3) is 0 Å². The minimum absolute atomic E-state index is 0.0112. The van der Waals surface area contributed by atoms with Crippen molar-refractivity contribution >= 4 is 5.97 Å². The van der Waals surface area contributed by atoms with Crippen LogP contribution in [0.15, 0.2) is 10.6 Å². The third kappa shape index (κ3) is 3.21. The lowest BCUT2D eigenvalue weighted by Gasteiger charge is -2.04. The average Bonchev–Trinajstić information content (AvgIpc) is 2.73. The number of methoxy groups -OCH3 is 1. The Kier molecular flexibility index (Phi) is 4.04. The van der Waals surface area contributed by atoms with Gasteiger partial charge >= 0.3 is 5.97 Å². The Labute approximate surface area is 84.6 Å². The fourth-order valence-electron chi connectivity index (χ4n) is 0.750. The zero-order chi connectivity index (χ0) is 11.3. The summed E-state index contributed by atoms with van der Waals surface area (Å²) in [5.74, 6) is -0.825. The molecule has 0 fully saturated rings. The topological polar surface area (TPSA) is 81.8 Å². The Morgan fingerprint density at radius 2 is 2.53 bits per heavy atom. The van der Waals surface area contributed by atoms with Crippen LogP contribution in [0.1, 0.15) is 10.6 Å². The van der Waals surface area contributed by atoms with Gasteiger partial charge in [0.15, 0.2) is 0 Å². The molecule has 0 saturated heterocycles. The van der Waals surface area contributed by atoms with Crippen molar-refractivity contribution in [2.24, 2.45) is 0 Å². The lowest BCUT2D eigenvalue weighted by molar-refractivity contribution is 0.0553. The number of hydrogen-bond acceptors (Lipinski definition) is 6. The van der Waals surface area contributed by atoms with Gasteiger partial charge in [-0.3, -0.25) is 0 Å². The first-order valence-corrected chi connectivity index (χ1v) is 4.09. The van der Waals surface area contributed by atoms with Crippen LogP contribution >= 0.6 is 0 Å². The van der Waals surface area contributed by atoms with E-state index in [-0.39, 0.29) is 18.2 Å². The SMILES string of the molecule is COC(=O)c1cc(OCC(O)CF)no1. The predicted molar refractivity (Wildman–Crippen MR) is 45.3 cm³/mol. The number of hydrogen-bond donors (Lipinski definition) is 1. The lowest BCUT2D eigenvalue weighted by atomic mass is 10.4. The van der Waals surface area contributed by atoms with Gasteiger partial charge in [-0.2, -0.15) is 0 Å². The number of rotatable bonds is 5. The quantitative estimate of drug-likeness (QED) is 0.711. The number of aromatic nitrogens is 1. The molecule has 0 saturated carbocycles. The number of aliphatic hydroxyl groups excluding tert-OH is 1. The van der Waals surface area contributed by atoms with E-state index in [9.17, 15) is 9.18 Å². The number of aliphatic hydroxyl groups is 1. The predicted octanol–water partition coefficient (Wildman–Crippen LogP) is 0.170. The largest absolute Gasteiger partial charge is 0.473 e. The molecular formula is C8H10FNO5. The maximum absolute atomic E-state index is 11.8. The van der Waals surface area contributed by atoms with Crippen molar-refractivity contribution in [1.82, 2.24) is 5.16 Å². The summed E-state index contributed by atoms with van der Waals surface area (Å²) in [7, 11) is 1.19. The summed E-state index contributed by atoms with van der Waals surface area (Å²) in [6, 6.07) is 1.19. The van der Waals surface area contributed by atoms with Crippen molar-refractivity contribution in [3.8, 4) is 5.88 Å². The lowest BCUT2D eigenvalue weighted by Crippen LogP contribution is -2.19. The summed E-state index contributed by atoms with van der Waals surface area (Å²) in [5, 5.41) is 12.2. The van der Waals surface area contributed by atoms with Crippen molar-refractivity contribution in [1.29, 1.82) is 0 Å². The van der Waals surface area contributed by atoms with Gasteiger partial charge in [0.1, 0.15) is 19.4 Å². The van der Waals surface area contributed by atoms with Gasteiger partial charge in [-0.1, -0.05) is 0 Å². The Bertz CT molecular complexity index is 327. The van der Waals surface area contributed by atoms with Gasteiger partial charge in [-0.25, -0.2) is 9.18 Å². The molecule has 0 aliphatic carbocycles. The molecule has 0 radical (unpaired) electrons. The summed E-state index contributed by atoms with van der Waals surface area (Å²) in [6.07, 6.45) is -1.22. The highest BCUT2D eigenvalue weighted by molar-refractivity contribution is 5.86. The Morgan fingerprint density at radius 1 is 1.80 bits per heavy atom. The van der Waals surface area contributed by atoms with Gasteiger partial charge < -0.3 is 19.1 Å². The third-order valence-electron chi connectivity index (χ3n) is 1.48. The highest BCUT2D eigenvalue weighted by atomic mass is 19.1. The molecule has 0 aliphatic rings. The minimum Gasteiger partial charge on any atom is -0.473 e. The number of alkyl halides is 1. The standard InChI is InChI=1S/C8H10FNO5/c1-13-8(12)6-2-7(10-15-6)14-4-5(11)3-9/h2,5,11H,3-4H2,1H3. The second-order valence-corrected chi connectivity index (χ2v) is 2.64. The normalized spacial score (nSPS) is 12.2. The fourth-order valence-corrected chi connectivity index (χ4v) is 0.750. The highest BCUT2D eigenvalue weighted by Crippen LogP contribution is 2.12. The molecule has 1 atom stereocenters. The first-order chi connectivity index (χ1) is 7.17. The monoisotopic (exact) mass is 219 g/mol. The van der Waals surface area contributed by atoms with E-state index in [0.29, 0.717) is 0 Å². The molecule has 0 aromatic carbocycles. The van der Waals surface area contributed by atoms with E-state index < -0.39 is 18.7 Å². The van der Waals surface area contributed by atoms with Gasteiger partial charge in [0.2, 0.25) is 5.76 Å². The summed E-state index contributed by atoms with van der Waals surface area (Å²) in [5.41, 5.74) is 0. The number of esters is 1. The van der Waals surface area contributed by atoms with Crippen LogP contribution in [0.3, 0.4) is 0 Å². The second-order valence-electron chi connectivity index (χ2n) is 2.64. The van der Waals surface area contributed by atoms with Gasteiger partial charge in [0, 0.05) is 0 Å². The zero-order valence-corrected chi connectivity index (χ0v) is 7.97.